The van der Waals surface area contributed by atoms with Crippen molar-refractivity contribution in [2.45, 2.75) is 32.2 Å². The van der Waals surface area contributed by atoms with Crippen molar-refractivity contribution < 1.29 is 9.53 Å². The lowest BCUT2D eigenvalue weighted by Crippen LogP contribution is -2.34. The van der Waals surface area contributed by atoms with E-state index in [-0.39, 0.29) is 17.9 Å². The summed E-state index contributed by atoms with van der Waals surface area (Å²) in [5.41, 5.74) is 1.38. The summed E-state index contributed by atoms with van der Waals surface area (Å²) in [6.07, 6.45) is 3.34. The van der Waals surface area contributed by atoms with Gasteiger partial charge in [-0.25, -0.2) is 0 Å². The Kier molecular flexibility index (Phi) is 3.89. The van der Waals surface area contributed by atoms with Gasteiger partial charge in [0.25, 0.3) is 0 Å². The SMILES string of the molecule is COc1cccc(C(C)NC(=O)C2CC23CCNCC3)c1. The number of nitrogens with one attached hydrogen (secondary N) is 2. The Labute approximate surface area is 126 Å². The maximum atomic E-state index is 12.5. The van der Waals surface area contributed by atoms with Crippen LogP contribution in [0.1, 0.15) is 37.8 Å². The highest BCUT2D eigenvalue weighted by Gasteiger charge is 2.57. The number of hydrogen-bond donors (Lipinski definition) is 2. The predicted molar refractivity (Wildman–Crippen MR) is 82.2 cm³/mol. The molecule has 2 N–H and O–H groups in total. The summed E-state index contributed by atoms with van der Waals surface area (Å²) in [4.78, 5) is 12.5. The molecule has 114 valence electrons. The number of hydrogen-bond acceptors (Lipinski definition) is 3. The van der Waals surface area contributed by atoms with Crippen molar-refractivity contribution in [1.82, 2.24) is 10.6 Å². The van der Waals surface area contributed by atoms with Crippen LogP contribution in [0.3, 0.4) is 0 Å². The van der Waals surface area contributed by atoms with Crippen LogP contribution >= 0.6 is 0 Å². The molecule has 1 saturated heterocycles. The normalized spacial score (nSPS) is 24.4. The standard InChI is InChI=1S/C17H24N2O2/c1-12(13-4-3-5-14(10-13)21-2)19-16(20)15-11-17(15)6-8-18-9-7-17/h3-5,10,12,15,18H,6-9,11H2,1-2H3,(H,19,20). The van der Waals surface area contributed by atoms with Crippen molar-refractivity contribution in [2.75, 3.05) is 20.2 Å². The number of rotatable bonds is 4. The number of carbonyl (C=O) groups is 1. The van der Waals surface area contributed by atoms with Crippen LogP contribution in [0.15, 0.2) is 24.3 Å². The number of ether oxygens (including phenoxy) is 1. The molecule has 1 saturated carbocycles. The Morgan fingerprint density at radius 3 is 2.90 bits per heavy atom. The molecule has 0 aromatic heterocycles. The predicted octanol–water partition coefficient (Wildman–Crippen LogP) is 2.26. The van der Waals surface area contributed by atoms with Crippen molar-refractivity contribution in [1.29, 1.82) is 0 Å². The van der Waals surface area contributed by atoms with Gasteiger partial charge in [-0.3, -0.25) is 4.79 Å². The minimum absolute atomic E-state index is 0.0203. The van der Waals surface area contributed by atoms with E-state index >= 15 is 0 Å². The molecule has 1 amide bonds. The zero-order valence-electron chi connectivity index (χ0n) is 12.8. The molecule has 21 heavy (non-hydrogen) atoms. The van der Waals surface area contributed by atoms with Crippen molar-refractivity contribution >= 4 is 5.91 Å². The van der Waals surface area contributed by atoms with Crippen LogP contribution in [0.4, 0.5) is 0 Å². The molecule has 4 nitrogen and oxygen atoms in total. The lowest BCUT2D eigenvalue weighted by Gasteiger charge is -2.24. The highest BCUT2D eigenvalue weighted by Crippen LogP contribution is 2.58. The molecular formula is C17H24N2O2. The summed E-state index contributed by atoms with van der Waals surface area (Å²) in [5, 5.41) is 6.54. The zero-order valence-corrected chi connectivity index (χ0v) is 12.8. The summed E-state index contributed by atoms with van der Waals surface area (Å²) in [6.45, 7) is 4.13. The van der Waals surface area contributed by atoms with E-state index in [9.17, 15) is 4.79 Å². The average molecular weight is 288 g/mol. The van der Waals surface area contributed by atoms with Crippen LogP contribution < -0.4 is 15.4 Å². The molecule has 4 heteroatoms. The molecule has 1 aromatic rings. The molecule has 1 aliphatic carbocycles. The van der Waals surface area contributed by atoms with E-state index in [1.807, 2.05) is 31.2 Å². The Bertz CT molecular complexity index is 523. The zero-order chi connectivity index (χ0) is 14.9. The molecule has 0 bridgehead atoms. The van der Waals surface area contributed by atoms with Gasteiger partial charge in [0.1, 0.15) is 5.75 Å². The fourth-order valence-electron chi connectivity index (χ4n) is 3.50. The Hall–Kier alpha value is -1.55. The lowest BCUT2D eigenvalue weighted by molar-refractivity contribution is -0.123. The quantitative estimate of drug-likeness (QED) is 0.893. The summed E-state index contributed by atoms with van der Waals surface area (Å²) >= 11 is 0. The van der Waals surface area contributed by atoms with Gasteiger partial charge in [-0.05, 0) is 62.4 Å². The van der Waals surface area contributed by atoms with Crippen LogP contribution in [0.2, 0.25) is 0 Å². The number of methoxy groups -OCH3 is 1. The first-order valence-corrected chi connectivity index (χ1v) is 7.80. The van der Waals surface area contributed by atoms with Crippen molar-refractivity contribution in [2.24, 2.45) is 11.3 Å². The van der Waals surface area contributed by atoms with E-state index in [1.165, 1.54) is 0 Å². The molecule has 2 fully saturated rings. The minimum atomic E-state index is 0.0203. The molecule has 1 heterocycles. The topological polar surface area (TPSA) is 50.4 Å². The third-order valence-electron chi connectivity index (χ3n) is 5.06. The van der Waals surface area contributed by atoms with Gasteiger partial charge in [-0.15, -0.1) is 0 Å². The first kappa shape index (κ1) is 14.4. The highest BCUT2D eigenvalue weighted by molar-refractivity contribution is 5.83. The molecule has 1 spiro atoms. The summed E-state index contributed by atoms with van der Waals surface area (Å²) in [6, 6.07) is 7.91. The first-order chi connectivity index (χ1) is 10.1. The Morgan fingerprint density at radius 1 is 1.43 bits per heavy atom. The monoisotopic (exact) mass is 288 g/mol. The largest absolute Gasteiger partial charge is 0.497 e. The fraction of sp³-hybridized carbons (Fsp3) is 0.588. The molecule has 1 aliphatic heterocycles. The van der Waals surface area contributed by atoms with Crippen molar-refractivity contribution in [3.8, 4) is 5.75 Å². The van der Waals surface area contributed by atoms with Crippen LogP contribution in [0.5, 0.6) is 5.75 Å². The Morgan fingerprint density at radius 2 is 2.19 bits per heavy atom. The number of piperidine rings is 1. The van der Waals surface area contributed by atoms with Gasteiger partial charge in [0.05, 0.1) is 13.2 Å². The average Bonchev–Trinajstić information content (AvgIpc) is 3.21. The van der Waals surface area contributed by atoms with Crippen LogP contribution in [0, 0.1) is 11.3 Å². The van der Waals surface area contributed by atoms with E-state index in [1.54, 1.807) is 7.11 Å². The molecular weight excluding hydrogens is 264 g/mol. The first-order valence-electron chi connectivity index (χ1n) is 7.80. The fourth-order valence-corrected chi connectivity index (χ4v) is 3.50. The van der Waals surface area contributed by atoms with E-state index < -0.39 is 0 Å². The number of amides is 1. The third kappa shape index (κ3) is 2.91. The van der Waals surface area contributed by atoms with E-state index in [0.717, 1.165) is 43.7 Å². The van der Waals surface area contributed by atoms with Crippen molar-refractivity contribution in [3.63, 3.8) is 0 Å². The van der Waals surface area contributed by atoms with E-state index in [2.05, 4.69) is 10.6 Å². The highest BCUT2D eigenvalue weighted by atomic mass is 16.5. The van der Waals surface area contributed by atoms with Gasteiger partial charge in [0.2, 0.25) is 5.91 Å². The van der Waals surface area contributed by atoms with E-state index in [0.29, 0.717) is 5.41 Å². The van der Waals surface area contributed by atoms with Crippen LogP contribution in [0.25, 0.3) is 0 Å². The maximum absolute atomic E-state index is 12.5. The van der Waals surface area contributed by atoms with Gasteiger partial charge >= 0.3 is 0 Å². The van der Waals surface area contributed by atoms with Gasteiger partial charge in [-0.1, -0.05) is 12.1 Å². The summed E-state index contributed by atoms with van der Waals surface area (Å²) in [7, 11) is 1.66. The number of carbonyl (C=O) groups excluding carboxylic acids is 1. The van der Waals surface area contributed by atoms with Gasteiger partial charge in [-0.2, -0.15) is 0 Å². The van der Waals surface area contributed by atoms with Gasteiger partial charge in [0.15, 0.2) is 0 Å². The molecule has 2 aliphatic rings. The van der Waals surface area contributed by atoms with E-state index in [4.69, 9.17) is 4.74 Å². The summed E-state index contributed by atoms with van der Waals surface area (Å²) in [5.74, 6) is 1.26. The Balaban J connectivity index is 1.60. The molecule has 2 atom stereocenters. The molecule has 0 radical (unpaired) electrons. The second kappa shape index (κ2) is 5.68. The number of benzene rings is 1. The van der Waals surface area contributed by atoms with Crippen LogP contribution in [-0.4, -0.2) is 26.1 Å². The lowest BCUT2D eigenvalue weighted by atomic mass is 9.91. The summed E-state index contributed by atoms with van der Waals surface area (Å²) < 4.78 is 5.24. The third-order valence-corrected chi connectivity index (χ3v) is 5.06. The second-order valence-electron chi connectivity index (χ2n) is 6.38. The minimum Gasteiger partial charge on any atom is -0.497 e. The van der Waals surface area contributed by atoms with Crippen LogP contribution in [-0.2, 0) is 4.79 Å². The van der Waals surface area contributed by atoms with Gasteiger partial charge < -0.3 is 15.4 Å². The second-order valence-corrected chi connectivity index (χ2v) is 6.38. The smallest absolute Gasteiger partial charge is 0.224 e. The van der Waals surface area contributed by atoms with Gasteiger partial charge in [0, 0.05) is 5.92 Å². The maximum Gasteiger partial charge on any atom is 0.224 e. The molecule has 3 rings (SSSR count). The van der Waals surface area contributed by atoms with Crippen molar-refractivity contribution in [3.05, 3.63) is 29.8 Å². The molecule has 1 aromatic carbocycles. The molecule has 2 unspecified atom stereocenters.